The first-order valence-corrected chi connectivity index (χ1v) is 5.69. The molecule has 1 aromatic heterocycles. The van der Waals surface area contributed by atoms with Crippen LogP contribution in [0.2, 0.25) is 0 Å². The van der Waals surface area contributed by atoms with Crippen LogP contribution in [0.25, 0.3) is 0 Å². The lowest BCUT2D eigenvalue weighted by atomic mass is 10.1. The fourth-order valence-corrected chi connectivity index (χ4v) is 2.05. The van der Waals surface area contributed by atoms with Gasteiger partial charge in [-0.25, -0.2) is 4.79 Å². The van der Waals surface area contributed by atoms with Gasteiger partial charge < -0.3 is 4.74 Å². The molecule has 0 saturated carbocycles. The second-order valence-corrected chi connectivity index (χ2v) is 4.49. The monoisotopic (exact) mass is 226 g/mol. The van der Waals surface area contributed by atoms with E-state index >= 15 is 0 Å². The molecule has 0 amide bonds. The van der Waals surface area contributed by atoms with E-state index in [1.54, 1.807) is 19.1 Å². The number of esters is 1. The van der Waals surface area contributed by atoms with Crippen molar-refractivity contribution in [1.29, 1.82) is 0 Å². The Kier molecular flexibility index (Phi) is 4.03. The fraction of sp³-hybridized carbons (Fsp3) is 0.455. The summed E-state index contributed by atoms with van der Waals surface area (Å²) in [5, 5.41) is 0. The Morgan fingerprint density at radius 3 is 2.47 bits per heavy atom. The van der Waals surface area contributed by atoms with Crippen molar-refractivity contribution >= 4 is 23.1 Å². The maximum absolute atomic E-state index is 11.6. The number of carbonyl (C=O) groups excluding carboxylic acids is 2. The molecule has 3 nitrogen and oxygen atoms in total. The molecule has 1 rings (SSSR count). The molecule has 0 atom stereocenters. The quantitative estimate of drug-likeness (QED) is 0.585. The number of thiophene rings is 1. The van der Waals surface area contributed by atoms with E-state index in [4.69, 9.17) is 4.74 Å². The van der Waals surface area contributed by atoms with Gasteiger partial charge in [-0.05, 0) is 19.1 Å². The van der Waals surface area contributed by atoms with Gasteiger partial charge in [0.2, 0.25) is 0 Å². The maximum Gasteiger partial charge on any atom is 0.348 e. The molecule has 0 bridgehead atoms. The van der Waals surface area contributed by atoms with E-state index in [0.717, 1.165) is 0 Å². The minimum Gasteiger partial charge on any atom is -0.462 e. The molecule has 0 aliphatic heterocycles. The molecule has 0 radical (unpaired) electrons. The third kappa shape index (κ3) is 2.89. The molecule has 0 unspecified atom stereocenters. The van der Waals surface area contributed by atoms with Crippen molar-refractivity contribution in [3.8, 4) is 0 Å². The van der Waals surface area contributed by atoms with Crippen molar-refractivity contribution in [3.63, 3.8) is 0 Å². The molecule has 0 aliphatic rings. The van der Waals surface area contributed by atoms with Gasteiger partial charge in [-0.15, -0.1) is 11.3 Å². The van der Waals surface area contributed by atoms with Crippen molar-refractivity contribution in [3.05, 3.63) is 21.9 Å². The lowest BCUT2D eigenvalue weighted by molar-refractivity contribution is 0.0532. The summed E-state index contributed by atoms with van der Waals surface area (Å²) < 4.78 is 4.84. The molecule has 1 heterocycles. The topological polar surface area (TPSA) is 43.4 Å². The summed E-state index contributed by atoms with van der Waals surface area (Å²) in [6.45, 7) is 5.79. The molecule has 4 heteroatoms. The molecule has 0 saturated heterocycles. The zero-order valence-electron chi connectivity index (χ0n) is 9.07. The van der Waals surface area contributed by atoms with E-state index in [-0.39, 0.29) is 17.7 Å². The zero-order chi connectivity index (χ0) is 11.4. The van der Waals surface area contributed by atoms with Gasteiger partial charge in [0.15, 0.2) is 5.78 Å². The highest BCUT2D eigenvalue weighted by atomic mass is 32.1. The molecule has 0 spiro atoms. The lowest BCUT2D eigenvalue weighted by Crippen LogP contribution is -2.05. The molecule has 15 heavy (non-hydrogen) atoms. The van der Waals surface area contributed by atoms with Crippen molar-refractivity contribution in [2.45, 2.75) is 20.8 Å². The lowest BCUT2D eigenvalue weighted by Gasteiger charge is -1.99. The largest absolute Gasteiger partial charge is 0.462 e. The first-order chi connectivity index (χ1) is 7.06. The average Bonchev–Trinajstić information content (AvgIpc) is 2.65. The number of Topliss-reactive ketones (excluding diaryl/α,β-unsaturated/α-hetero) is 1. The molecule has 82 valence electrons. The van der Waals surface area contributed by atoms with Crippen molar-refractivity contribution < 1.29 is 14.3 Å². The van der Waals surface area contributed by atoms with Gasteiger partial charge in [0, 0.05) is 5.92 Å². The van der Waals surface area contributed by atoms with Crippen LogP contribution in [0.5, 0.6) is 0 Å². The van der Waals surface area contributed by atoms with E-state index in [9.17, 15) is 9.59 Å². The highest BCUT2D eigenvalue weighted by molar-refractivity contribution is 7.15. The Hall–Kier alpha value is -1.16. The summed E-state index contributed by atoms with van der Waals surface area (Å²) in [5.41, 5.74) is 0. The molecular formula is C11H14O3S. The normalized spacial score (nSPS) is 10.4. The van der Waals surface area contributed by atoms with Crippen molar-refractivity contribution in [1.82, 2.24) is 0 Å². The van der Waals surface area contributed by atoms with Gasteiger partial charge in [-0.3, -0.25) is 4.79 Å². The number of ether oxygens (including phenoxy) is 1. The van der Waals surface area contributed by atoms with Crippen molar-refractivity contribution in [2.75, 3.05) is 6.61 Å². The van der Waals surface area contributed by atoms with E-state index < -0.39 is 0 Å². The Bertz CT molecular complexity index is 366. The number of hydrogen-bond donors (Lipinski definition) is 0. The molecule has 0 aliphatic carbocycles. The number of ketones is 1. The summed E-state index contributed by atoms with van der Waals surface area (Å²) in [4.78, 5) is 24.0. The molecule has 0 aromatic carbocycles. The number of rotatable bonds is 4. The first-order valence-electron chi connectivity index (χ1n) is 4.87. The summed E-state index contributed by atoms with van der Waals surface area (Å²) in [7, 11) is 0. The maximum atomic E-state index is 11.6. The van der Waals surface area contributed by atoms with Gasteiger partial charge in [0.25, 0.3) is 0 Å². The smallest absolute Gasteiger partial charge is 0.348 e. The van der Waals surface area contributed by atoms with Crippen LogP contribution in [0.15, 0.2) is 12.1 Å². The van der Waals surface area contributed by atoms with Gasteiger partial charge in [0.05, 0.1) is 11.5 Å². The van der Waals surface area contributed by atoms with E-state index in [2.05, 4.69) is 0 Å². The Morgan fingerprint density at radius 2 is 1.93 bits per heavy atom. The van der Waals surface area contributed by atoms with E-state index in [1.807, 2.05) is 13.8 Å². The number of carbonyl (C=O) groups is 2. The minimum atomic E-state index is -0.356. The van der Waals surface area contributed by atoms with Crippen LogP contribution in [0.4, 0.5) is 0 Å². The second kappa shape index (κ2) is 5.07. The Labute approximate surface area is 93.1 Å². The standard InChI is InChI=1S/C11H14O3S/c1-4-14-11(13)9-6-5-8(15-9)10(12)7(2)3/h5-7H,4H2,1-3H3. The first kappa shape index (κ1) is 11.9. The van der Waals surface area contributed by atoms with E-state index in [1.165, 1.54) is 11.3 Å². The van der Waals surface area contributed by atoms with Crippen LogP contribution in [-0.2, 0) is 4.74 Å². The SMILES string of the molecule is CCOC(=O)c1ccc(C(=O)C(C)C)s1. The summed E-state index contributed by atoms with van der Waals surface area (Å²) in [5.74, 6) is -0.334. The Balaban J connectivity index is 2.80. The molecule has 0 N–H and O–H groups in total. The van der Waals surface area contributed by atoms with Crippen LogP contribution in [0.3, 0.4) is 0 Å². The summed E-state index contributed by atoms with van der Waals surface area (Å²) in [6, 6.07) is 3.32. The number of hydrogen-bond acceptors (Lipinski definition) is 4. The van der Waals surface area contributed by atoms with Crippen LogP contribution in [0.1, 0.15) is 40.1 Å². The van der Waals surface area contributed by atoms with Crippen LogP contribution >= 0.6 is 11.3 Å². The van der Waals surface area contributed by atoms with E-state index in [0.29, 0.717) is 16.4 Å². The third-order valence-corrected chi connectivity index (χ3v) is 2.93. The molecular weight excluding hydrogens is 212 g/mol. The zero-order valence-corrected chi connectivity index (χ0v) is 9.89. The average molecular weight is 226 g/mol. The Morgan fingerprint density at radius 1 is 1.33 bits per heavy atom. The summed E-state index contributed by atoms with van der Waals surface area (Å²) in [6.07, 6.45) is 0. The molecule has 1 aromatic rings. The van der Waals surface area contributed by atoms with Crippen LogP contribution < -0.4 is 0 Å². The summed E-state index contributed by atoms with van der Waals surface area (Å²) >= 11 is 1.19. The van der Waals surface area contributed by atoms with Crippen LogP contribution in [-0.4, -0.2) is 18.4 Å². The minimum absolute atomic E-state index is 0.0429. The van der Waals surface area contributed by atoms with Gasteiger partial charge in [-0.2, -0.15) is 0 Å². The highest BCUT2D eigenvalue weighted by Crippen LogP contribution is 2.20. The van der Waals surface area contributed by atoms with Gasteiger partial charge in [-0.1, -0.05) is 13.8 Å². The predicted octanol–water partition coefficient (Wildman–Crippen LogP) is 2.76. The van der Waals surface area contributed by atoms with Gasteiger partial charge in [0.1, 0.15) is 4.88 Å². The third-order valence-electron chi connectivity index (χ3n) is 1.85. The highest BCUT2D eigenvalue weighted by Gasteiger charge is 2.16. The predicted molar refractivity (Wildman–Crippen MR) is 59.4 cm³/mol. The molecule has 0 fully saturated rings. The van der Waals surface area contributed by atoms with Crippen LogP contribution in [0, 0.1) is 5.92 Å². The van der Waals surface area contributed by atoms with Gasteiger partial charge >= 0.3 is 5.97 Å². The second-order valence-electron chi connectivity index (χ2n) is 3.40. The van der Waals surface area contributed by atoms with Crippen molar-refractivity contribution in [2.24, 2.45) is 5.92 Å². The fourth-order valence-electron chi connectivity index (χ4n) is 1.07.